The van der Waals surface area contributed by atoms with Gasteiger partial charge in [-0.3, -0.25) is 4.57 Å². The van der Waals surface area contributed by atoms with Gasteiger partial charge in [-0.1, -0.05) is 91.0 Å². The number of hydrogen-bond acceptors (Lipinski definition) is 2. The Bertz CT molecular complexity index is 1690. The number of rotatable bonds is 2. The second kappa shape index (κ2) is 7.22. The summed E-state index contributed by atoms with van der Waals surface area (Å²) in [6.07, 6.45) is 3.84. The van der Waals surface area contributed by atoms with Gasteiger partial charge in [-0.05, 0) is 22.8 Å². The van der Waals surface area contributed by atoms with Gasteiger partial charge in [0.15, 0.2) is 0 Å². The fourth-order valence-corrected chi connectivity index (χ4v) is 5.24. The molecule has 0 bridgehead atoms. The molecule has 1 aliphatic rings. The molecule has 0 aliphatic carbocycles. The van der Waals surface area contributed by atoms with Crippen molar-refractivity contribution in [2.75, 3.05) is 5.32 Å². The fraction of sp³-hybridized carbons (Fsp3) is 0.0333. The summed E-state index contributed by atoms with van der Waals surface area (Å²) in [4.78, 5) is 4.73. The van der Waals surface area contributed by atoms with E-state index in [2.05, 4.69) is 112 Å². The number of aryl methyl sites for hydroxylation is 1. The Labute approximate surface area is 197 Å². The van der Waals surface area contributed by atoms with Crippen LogP contribution in [-0.2, 0) is 7.05 Å². The highest BCUT2D eigenvalue weighted by molar-refractivity contribution is 6.12. The minimum absolute atomic E-state index is 0.878. The molecule has 4 aromatic carbocycles. The molecule has 0 fully saturated rings. The van der Waals surface area contributed by atoms with Crippen molar-refractivity contribution in [1.29, 1.82) is 0 Å². The standard InChI is InChI=1S/C30H22N4/c1-33-19-18-31-30(33)34-26-17-8-7-14-25(26)27-23-13-6-5-12-22(23)24-16-9-15-21(28(24)32-29(27)34)20-10-3-2-4-11-20/h2-19,32H,1H3. The van der Waals surface area contributed by atoms with Crippen molar-refractivity contribution < 1.29 is 0 Å². The molecule has 4 heteroatoms. The van der Waals surface area contributed by atoms with Crippen molar-refractivity contribution in [2.24, 2.45) is 7.05 Å². The molecule has 34 heavy (non-hydrogen) atoms. The van der Waals surface area contributed by atoms with Gasteiger partial charge in [0.2, 0.25) is 5.95 Å². The summed E-state index contributed by atoms with van der Waals surface area (Å²) in [6, 6.07) is 34.5. The third kappa shape index (κ3) is 2.63. The average molecular weight is 439 g/mol. The van der Waals surface area contributed by atoms with Crippen LogP contribution in [0.2, 0.25) is 0 Å². The Hall–Kier alpha value is -4.57. The van der Waals surface area contributed by atoms with Crippen LogP contribution in [-0.4, -0.2) is 14.1 Å². The number of hydrogen-bond donors (Lipinski definition) is 1. The summed E-state index contributed by atoms with van der Waals surface area (Å²) in [7, 11) is 2.04. The Kier molecular flexibility index (Phi) is 4.02. The monoisotopic (exact) mass is 438 g/mol. The van der Waals surface area contributed by atoms with E-state index in [0.29, 0.717) is 0 Å². The smallest absolute Gasteiger partial charge is 0.215 e. The molecular weight excluding hydrogens is 416 g/mol. The van der Waals surface area contributed by atoms with E-state index >= 15 is 0 Å². The van der Waals surface area contributed by atoms with Crippen molar-refractivity contribution in [3.8, 4) is 39.3 Å². The third-order valence-corrected chi connectivity index (χ3v) is 6.75. The molecule has 3 heterocycles. The van der Waals surface area contributed by atoms with Crippen LogP contribution in [0.15, 0.2) is 109 Å². The van der Waals surface area contributed by atoms with Gasteiger partial charge in [-0.25, -0.2) is 4.98 Å². The molecule has 0 saturated heterocycles. The van der Waals surface area contributed by atoms with Crippen LogP contribution in [0.25, 0.3) is 50.2 Å². The van der Waals surface area contributed by atoms with E-state index in [1.807, 2.05) is 19.4 Å². The zero-order chi connectivity index (χ0) is 22.6. The maximum atomic E-state index is 4.73. The quantitative estimate of drug-likeness (QED) is 0.305. The number of aromatic nitrogens is 3. The van der Waals surface area contributed by atoms with Crippen molar-refractivity contribution in [2.45, 2.75) is 0 Å². The second-order valence-corrected chi connectivity index (χ2v) is 8.68. The molecule has 0 saturated carbocycles. The highest BCUT2D eigenvalue weighted by Gasteiger charge is 2.28. The highest BCUT2D eigenvalue weighted by atomic mass is 15.3. The van der Waals surface area contributed by atoms with Crippen molar-refractivity contribution in [3.05, 3.63) is 109 Å². The Morgan fingerprint density at radius 2 is 1.38 bits per heavy atom. The normalized spacial score (nSPS) is 11.9. The molecule has 0 spiro atoms. The maximum absolute atomic E-state index is 4.73. The second-order valence-electron chi connectivity index (χ2n) is 8.68. The first-order valence-electron chi connectivity index (χ1n) is 11.5. The summed E-state index contributed by atoms with van der Waals surface area (Å²) in [5.74, 6) is 1.91. The van der Waals surface area contributed by atoms with Gasteiger partial charge in [0.25, 0.3) is 0 Å². The lowest BCUT2D eigenvalue weighted by molar-refractivity contribution is 0.838. The summed E-state index contributed by atoms with van der Waals surface area (Å²) in [5, 5.41) is 5.10. The molecule has 0 amide bonds. The minimum Gasteiger partial charge on any atom is -0.340 e. The molecule has 0 atom stereocenters. The van der Waals surface area contributed by atoms with Crippen molar-refractivity contribution >= 4 is 22.4 Å². The molecule has 0 unspecified atom stereocenters. The number of nitrogens with one attached hydrogen (secondary N) is 1. The molecule has 7 rings (SSSR count). The molecule has 1 aliphatic heterocycles. The third-order valence-electron chi connectivity index (χ3n) is 6.75. The lowest BCUT2D eigenvalue weighted by Gasteiger charge is -2.17. The number of benzene rings is 4. The number of anilines is 2. The first-order chi connectivity index (χ1) is 16.8. The number of imidazole rings is 1. The lowest BCUT2D eigenvalue weighted by Crippen LogP contribution is -2.07. The van der Waals surface area contributed by atoms with Gasteiger partial charge in [0.1, 0.15) is 5.82 Å². The number of para-hydroxylation sites is 2. The predicted molar refractivity (Wildman–Crippen MR) is 140 cm³/mol. The van der Waals surface area contributed by atoms with Gasteiger partial charge in [0.05, 0.1) is 11.2 Å². The zero-order valence-corrected chi connectivity index (χ0v) is 18.7. The van der Waals surface area contributed by atoms with Gasteiger partial charge < -0.3 is 9.88 Å². The van der Waals surface area contributed by atoms with E-state index in [9.17, 15) is 0 Å². The van der Waals surface area contributed by atoms with Crippen LogP contribution in [0.4, 0.5) is 11.5 Å². The van der Waals surface area contributed by atoms with Crippen LogP contribution < -0.4 is 5.32 Å². The Balaban J connectivity index is 1.64. The van der Waals surface area contributed by atoms with E-state index < -0.39 is 0 Å². The zero-order valence-electron chi connectivity index (χ0n) is 18.7. The summed E-state index contributed by atoms with van der Waals surface area (Å²) in [6.45, 7) is 0. The maximum Gasteiger partial charge on any atom is 0.215 e. The van der Waals surface area contributed by atoms with Crippen LogP contribution >= 0.6 is 0 Å². The van der Waals surface area contributed by atoms with Gasteiger partial charge in [-0.15, -0.1) is 0 Å². The van der Waals surface area contributed by atoms with Gasteiger partial charge in [0, 0.05) is 41.5 Å². The van der Waals surface area contributed by atoms with Gasteiger partial charge >= 0.3 is 0 Å². The first kappa shape index (κ1) is 18.9. The van der Waals surface area contributed by atoms with E-state index in [4.69, 9.17) is 4.98 Å². The molecule has 162 valence electrons. The van der Waals surface area contributed by atoms with Crippen LogP contribution in [0.1, 0.15) is 0 Å². The van der Waals surface area contributed by atoms with Gasteiger partial charge in [-0.2, -0.15) is 0 Å². The SMILES string of the molecule is Cn1ccnc1-n1c2c(c3ccccc31)-c1ccccc1-c1cccc(-c3ccccc3)c1N2. The molecule has 2 aromatic heterocycles. The van der Waals surface area contributed by atoms with Crippen LogP contribution in [0, 0.1) is 0 Å². The summed E-state index contributed by atoms with van der Waals surface area (Å²) >= 11 is 0. The lowest BCUT2D eigenvalue weighted by atomic mass is 9.92. The fourth-order valence-electron chi connectivity index (χ4n) is 5.24. The van der Waals surface area contributed by atoms with E-state index in [0.717, 1.165) is 23.0 Å². The Morgan fingerprint density at radius 1 is 0.676 bits per heavy atom. The minimum atomic E-state index is 0.878. The topological polar surface area (TPSA) is 34.8 Å². The molecular formula is C30H22N4. The first-order valence-corrected chi connectivity index (χ1v) is 11.5. The molecule has 6 aromatic rings. The summed E-state index contributed by atoms with van der Waals surface area (Å²) in [5.41, 5.74) is 9.45. The largest absolute Gasteiger partial charge is 0.340 e. The van der Waals surface area contributed by atoms with E-state index in [-0.39, 0.29) is 0 Å². The average Bonchev–Trinajstić information content (AvgIpc) is 3.40. The molecule has 4 nitrogen and oxygen atoms in total. The summed E-state index contributed by atoms with van der Waals surface area (Å²) < 4.78 is 4.31. The Morgan fingerprint density at radius 3 is 2.21 bits per heavy atom. The highest BCUT2D eigenvalue weighted by Crippen LogP contribution is 2.51. The van der Waals surface area contributed by atoms with E-state index in [1.165, 1.54) is 38.8 Å². The number of nitrogens with zero attached hydrogens (tertiary/aromatic N) is 3. The molecule has 1 N–H and O–H groups in total. The molecule has 0 radical (unpaired) electrons. The number of fused-ring (bicyclic) bond motifs is 7. The van der Waals surface area contributed by atoms with E-state index in [1.54, 1.807) is 0 Å². The van der Waals surface area contributed by atoms with Crippen molar-refractivity contribution in [1.82, 2.24) is 14.1 Å². The van der Waals surface area contributed by atoms with Crippen molar-refractivity contribution in [3.63, 3.8) is 0 Å². The predicted octanol–water partition coefficient (Wildman–Crippen LogP) is 7.42. The van der Waals surface area contributed by atoms with Crippen LogP contribution in [0.5, 0.6) is 0 Å². The van der Waals surface area contributed by atoms with Crippen LogP contribution in [0.3, 0.4) is 0 Å².